The number of likely N-dealkylation sites (tertiary alicyclic amines) is 1. The second-order valence-electron chi connectivity index (χ2n) is 11.3. The van der Waals surface area contributed by atoms with E-state index in [4.69, 9.17) is 9.47 Å². The summed E-state index contributed by atoms with van der Waals surface area (Å²) in [6, 6.07) is 9.62. The molecule has 1 saturated heterocycles. The molecule has 1 atom stereocenters. The molecule has 1 aromatic heterocycles. The van der Waals surface area contributed by atoms with Crippen molar-refractivity contribution in [3.63, 3.8) is 0 Å². The summed E-state index contributed by atoms with van der Waals surface area (Å²) in [6.07, 6.45) is 4.06. The van der Waals surface area contributed by atoms with Gasteiger partial charge in [0.05, 0.1) is 21.3 Å². The average molecular weight is 545 g/mol. The van der Waals surface area contributed by atoms with Gasteiger partial charge in [0.1, 0.15) is 11.2 Å². The molecular formula is C28H36N2O5S2. The Morgan fingerprint density at radius 2 is 1.81 bits per heavy atom. The van der Waals surface area contributed by atoms with Gasteiger partial charge in [-0.3, -0.25) is 9.00 Å². The largest absolute Gasteiger partial charge is 0.444 e. The zero-order chi connectivity index (χ0) is 26.4. The molecule has 1 N–H and O–H groups in total. The average Bonchev–Trinajstić information content (AvgIpc) is 3.44. The number of benzene rings is 1. The monoisotopic (exact) mass is 544 g/mol. The molecule has 2 fully saturated rings. The van der Waals surface area contributed by atoms with Gasteiger partial charge in [0, 0.05) is 41.6 Å². The van der Waals surface area contributed by atoms with E-state index in [2.05, 4.69) is 5.32 Å². The summed E-state index contributed by atoms with van der Waals surface area (Å²) in [5.41, 5.74) is 1.10. The SMILES string of the molecule is CCS(=O)c1ccc(CNC(=O)c2cc3c(s2)C2(CCN(C(=O)OC(C)(C)C)CC2)OC2(CC2)C3)cc1. The first-order valence-corrected chi connectivity index (χ1v) is 15.2. The second-order valence-corrected chi connectivity index (χ2v) is 14.1. The van der Waals surface area contributed by atoms with Gasteiger partial charge in [-0.05, 0) is 75.8 Å². The van der Waals surface area contributed by atoms with Crippen LogP contribution in [-0.2, 0) is 38.8 Å². The first-order valence-electron chi connectivity index (χ1n) is 13.1. The fourth-order valence-corrected chi connectivity index (χ4v) is 7.27. The Hall–Kier alpha value is -2.23. The summed E-state index contributed by atoms with van der Waals surface area (Å²) in [6.45, 7) is 9.10. The normalized spacial score (nSPS) is 20.4. The van der Waals surface area contributed by atoms with Gasteiger partial charge in [0.25, 0.3) is 5.91 Å². The van der Waals surface area contributed by atoms with E-state index in [1.165, 1.54) is 16.9 Å². The summed E-state index contributed by atoms with van der Waals surface area (Å²) in [7, 11) is -0.980. The molecular weight excluding hydrogens is 508 g/mol. The molecule has 3 aliphatic rings. The van der Waals surface area contributed by atoms with Crippen LogP contribution >= 0.6 is 11.3 Å². The quantitative estimate of drug-likeness (QED) is 0.564. The van der Waals surface area contributed by atoms with Gasteiger partial charge in [-0.1, -0.05) is 19.1 Å². The molecule has 5 rings (SSSR count). The maximum atomic E-state index is 13.1. The highest BCUT2D eigenvalue weighted by Gasteiger charge is 2.57. The third-order valence-electron chi connectivity index (χ3n) is 7.30. The van der Waals surface area contributed by atoms with Crippen molar-refractivity contribution in [3.05, 3.63) is 51.2 Å². The summed E-state index contributed by atoms with van der Waals surface area (Å²) >= 11 is 1.53. The number of amides is 2. The van der Waals surface area contributed by atoms with Crippen LogP contribution in [0.4, 0.5) is 4.79 Å². The Morgan fingerprint density at radius 3 is 2.41 bits per heavy atom. The fourth-order valence-electron chi connectivity index (χ4n) is 5.22. The third kappa shape index (κ3) is 5.64. The van der Waals surface area contributed by atoms with Gasteiger partial charge in [0.2, 0.25) is 0 Å². The first-order chi connectivity index (χ1) is 17.5. The fraction of sp³-hybridized carbons (Fsp3) is 0.571. The van der Waals surface area contributed by atoms with Crippen LogP contribution in [0.1, 0.15) is 79.1 Å². The minimum absolute atomic E-state index is 0.0909. The lowest BCUT2D eigenvalue weighted by Crippen LogP contribution is -2.51. The number of nitrogens with zero attached hydrogens (tertiary/aromatic N) is 1. The Bertz CT molecular complexity index is 1200. The molecule has 2 aliphatic heterocycles. The number of thiophene rings is 1. The van der Waals surface area contributed by atoms with E-state index in [0.29, 0.717) is 43.1 Å². The molecule has 2 aromatic rings. The molecule has 1 unspecified atom stereocenters. The third-order valence-corrected chi connectivity index (χ3v) is 9.99. The van der Waals surface area contributed by atoms with Crippen molar-refractivity contribution in [2.75, 3.05) is 18.8 Å². The minimum Gasteiger partial charge on any atom is -0.444 e. The van der Waals surface area contributed by atoms with Crippen molar-refractivity contribution in [1.29, 1.82) is 0 Å². The minimum atomic E-state index is -0.980. The number of piperidine rings is 1. The Kier molecular flexibility index (Phi) is 7.00. The van der Waals surface area contributed by atoms with E-state index in [1.807, 2.05) is 58.0 Å². The van der Waals surface area contributed by atoms with Crippen molar-refractivity contribution in [1.82, 2.24) is 10.2 Å². The molecule has 200 valence electrons. The van der Waals surface area contributed by atoms with E-state index in [-0.39, 0.29) is 17.6 Å². The van der Waals surface area contributed by atoms with Gasteiger partial charge in [0.15, 0.2) is 0 Å². The van der Waals surface area contributed by atoms with E-state index >= 15 is 0 Å². The van der Waals surface area contributed by atoms with E-state index in [0.717, 1.165) is 34.6 Å². The molecule has 2 amide bonds. The second kappa shape index (κ2) is 9.82. The number of rotatable bonds is 5. The highest BCUT2D eigenvalue weighted by molar-refractivity contribution is 7.85. The number of carbonyl (C=O) groups is 2. The van der Waals surface area contributed by atoms with E-state index in [1.54, 1.807) is 4.90 Å². The molecule has 1 aromatic carbocycles. The number of nitrogens with one attached hydrogen (secondary N) is 1. The summed E-state index contributed by atoms with van der Waals surface area (Å²) in [4.78, 5) is 30.2. The first kappa shape index (κ1) is 26.4. The number of ether oxygens (including phenoxy) is 2. The van der Waals surface area contributed by atoms with Crippen LogP contribution in [0.5, 0.6) is 0 Å². The van der Waals surface area contributed by atoms with Crippen LogP contribution in [0, 0.1) is 0 Å². The maximum absolute atomic E-state index is 13.1. The summed E-state index contributed by atoms with van der Waals surface area (Å²) in [5.74, 6) is 0.497. The lowest BCUT2D eigenvalue weighted by molar-refractivity contribution is -0.148. The van der Waals surface area contributed by atoms with Gasteiger partial charge >= 0.3 is 6.09 Å². The van der Waals surface area contributed by atoms with E-state index in [9.17, 15) is 13.8 Å². The van der Waals surface area contributed by atoms with Crippen LogP contribution in [0.25, 0.3) is 0 Å². The number of carbonyl (C=O) groups excluding carboxylic acids is 2. The standard InChI is InChI=1S/C28H36N2O5S2/c1-5-37(33)21-8-6-19(7-9-21)18-29-24(31)22-16-20-17-27(10-11-27)35-28(23(20)36-22)12-14-30(15-13-28)25(32)34-26(2,3)4/h6-9,16H,5,10-15,17-18H2,1-4H3,(H,29,31). The van der Waals surface area contributed by atoms with Crippen LogP contribution in [0.2, 0.25) is 0 Å². The predicted molar refractivity (Wildman–Crippen MR) is 144 cm³/mol. The molecule has 7 nitrogen and oxygen atoms in total. The Morgan fingerprint density at radius 1 is 1.14 bits per heavy atom. The Labute approximate surface area is 225 Å². The van der Waals surface area contributed by atoms with Gasteiger partial charge < -0.3 is 19.7 Å². The topological polar surface area (TPSA) is 84.9 Å². The van der Waals surface area contributed by atoms with Crippen LogP contribution in [0.15, 0.2) is 35.2 Å². The van der Waals surface area contributed by atoms with E-state index < -0.39 is 22.0 Å². The van der Waals surface area contributed by atoms with Crippen molar-refractivity contribution >= 4 is 34.1 Å². The lowest BCUT2D eigenvalue weighted by Gasteiger charge is -2.46. The highest BCUT2D eigenvalue weighted by Crippen LogP contribution is 2.57. The van der Waals surface area contributed by atoms with Gasteiger partial charge in [-0.25, -0.2) is 4.79 Å². The molecule has 1 aliphatic carbocycles. The van der Waals surface area contributed by atoms with Crippen molar-refractivity contribution < 1.29 is 23.3 Å². The molecule has 37 heavy (non-hydrogen) atoms. The molecule has 0 radical (unpaired) electrons. The number of hydrogen-bond donors (Lipinski definition) is 1. The van der Waals surface area contributed by atoms with Crippen molar-refractivity contribution in [2.24, 2.45) is 0 Å². The van der Waals surface area contributed by atoms with Crippen molar-refractivity contribution in [3.8, 4) is 0 Å². The lowest BCUT2D eigenvalue weighted by atomic mass is 9.83. The van der Waals surface area contributed by atoms with Crippen LogP contribution in [-0.4, -0.2) is 51.2 Å². The van der Waals surface area contributed by atoms with Crippen LogP contribution in [0.3, 0.4) is 0 Å². The van der Waals surface area contributed by atoms with Gasteiger partial charge in [-0.15, -0.1) is 11.3 Å². The zero-order valence-electron chi connectivity index (χ0n) is 22.1. The predicted octanol–water partition coefficient (Wildman–Crippen LogP) is 5.14. The summed E-state index contributed by atoms with van der Waals surface area (Å²) in [5, 5.41) is 3.04. The molecule has 1 saturated carbocycles. The van der Waals surface area contributed by atoms with Crippen molar-refractivity contribution in [2.45, 2.75) is 88.0 Å². The number of hydrogen-bond acceptors (Lipinski definition) is 6. The zero-order valence-corrected chi connectivity index (χ0v) is 23.7. The highest BCUT2D eigenvalue weighted by atomic mass is 32.2. The Balaban J connectivity index is 1.28. The van der Waals surface area contributed by atoms with Gasteiger partial charge in [-0.2, -0.15) is 0 Å². The van der Waals surface area contributed by atoms with Crippen LogP contribution < -0.4 is 5.32 Å². The number of fused-ring (bicyclic) bond motifs is 2. The smallest absolute Gasteiger partial charge is 0.410 e. The summed E-state index contributed by atoms with van der Waals surface area (Å²) < 4.78 is 24.3. The molecule has 2 spiro atoms. The molecule has 3 heterocycles. The molecule has 9 heteroatoms. The maximum Gasteiger partial charge on any atom is 0.410 e. The molecule has 0 bridgehead atoms.